The minimum Gasteiger partial charge on any atom is -0.444 e. The van der Waals surface area contributed by atoms with Crippen LogP contribution in [0.2, 0.25) is 0 Å². The number of aliphatic hydroxyl groups is 1. The van der Waals surface area contributed by atoms with Gasteiger partial charge in [-0.15, -0.1) is 0 Å². The van der Waals surface area contributed by atoms with Gasteiger partial charge in [0.15, 0.2) is 0 Å². The maximum absolute atomic E-state index is 13.7. The average molecular weight is 477 g/mol. The van der Waals surface area contributed by atoms with E-state index in [1.807, 2.05) is 0 Å². The van der Waals surface area contributed by atoms with E-state index in [1.165, 1.54) is 12.1 Å². The zero-order valence-electron chi connectivity index (χ0n) is 17.7. The molecule has 1 heterocycles. The number of nitrogens with one attached hydrogen (secondary N) is 1. The molecule has 0 aliphatic carbocycles. The van der Waals surface area contributed by atoms with Gasteiger partial charge in [-0.1, -0.05) is 18.1 Å². The number of hydrogen-bond donors (Lipinski definition) is 2. The Hall–Kier alpha value is -2.43. The summed E-state index contributed by atoms with van der Waals surface area (Å²) in [6, 6.07) is 9.04. The van der Waals surface area contributed by atoms with E-state index < -0.39 is 23.3 Å². The molecule has 0 saturated heterocycles. The molecule has 5 nitrogen and oxygen atoms in total. The first-order valence-electron chi connectivity index (χ1n) is 9.48. The topological polar surface area (TPSA) is 71.5 Å². The fourth-order valence-corrected chi connectivity index (χ4v) is 3.05. The first kappa shape index (κ1) is 23.8. The largest absolute Gasteiger partial charge is 0.444 e. The van der Waals surface area contributed by atoms with Crippen molar-refractivity contribution in [2.24, 2.45) is 0 Å². The fourth-order valence-electron chi connectivity index (χ4n) is 2.55. The highest BCUT2D eigenvalue weighted by atomic mass is 79.9. The third-order valence-corrected chi connectivity index (χ3v) is 4.39. The Kier molecular flexibility index (Phi) is 7.62. The van der Waals surface area contributed by atoms with Crippen LogP contribution < -0.4 is 5.32 Å². The van der Waals surface area contributed by atoms with Crippen molar-refractivity contribution >= 4 is 22.0 Å². The van der Waals surface area contributed by atoms with E-state index in [0.29, 0.717) is 27.8 Å². The fraction of sp³-hybridized carbons (Fsp3) is 0.391. The van der Waals surface area contributed by atoms with Gasteiger partial charge in [-0.3, -0.25) is 0 Å². The zero-order chi connectivity index (χ0) is 22.5. The molecule has 1 aromatic heterocycles. The number of benzene rings is 1. The van der Waals surface area contributed by atoms with Gasteiger partial charge in [-0.25, -0.2) is 14.2 Å². The third-order valence-electron chi connectivity index (χ3n) is 3.72. The summed E-state index contributed by atoms with van der Waals surface area (Å²) in [7, 11) is 0. The van der Waals surface area contributed by atoms with Crippen LogP contribution in [-0.2, 0) is 11.2 Å². The second-order valence-electron chi connectivity index (χ2n) is 8.41. The summed E-state index contributed by atoms with van der Waals surface area (Å²) in [6.45, 7) is 8.48. The summed E-state index contributed by atoms with van der Waals surface area (Å²) >= 11 is 3.47. The lowest BCUT2D eigenvalue weighted by Gasteiger charge is -2.24. The van der Waals surface area contributed by atoms with E-state index >= 15 is 0 Å². The number of alkyl carbamates (subject to hydrolysis) is 1. The van der Waals surface area contributed by atoms with Crippen molar-refractivity contribution < 1.29 is 19.0 Å². The molecule has 2 rings (SSSR count). The first-order valence-corrected chi connectivity index (χ1v) is 10.3. The molecule has 0 aliphatic heterocycles. The summed E-state index contributed by atoms with van der Waals surface area (Å²) in [5.41, 5.74) is -0.181. The Balaban J connectivity index is 2.41. The summed E-state index contributed by atoms with van der Waals surface area (Å²) in [5.74, 6) is 5.19. The van der Waals surface area contributed by atoms with Crippen molar-refractivity contribution in [2.75, 3.05) is 0 Å². The number of hydrogen-bond acceptors (Lipinski definition) is 4. The summed E-state index contributed by atoms with van der Waals surface area (Å²) < 4.78 is 19.7. The molecule has 0 saturated carbocycles. The van der Waals surface area contributed by atoms with E-state index in [2.05, 4.69) is 38.1 Å². The summed E-state index contributed by atoms with van der Waals surface area (Å²) in [5, 5.41) is 12.7. The Morgan fingerprint density at radius 3 is 2.57 bits per heavy atom. The first-order chi connectivity index (χ1) is 13.8. The molecule has 0 unspecified atom stereocenters. The number of ether oxygens (including phenoxy) is 1. The Morgan fingerprint density at radius 2 is 1.97 bits per heavy atom. The van der Waals surface area contributed by atoms with Gasteiger partial charge in [-0.2, -0.15) is 0 Å². The lowest BCUT2D eigenvalue weighted by atomic mass is 10.0. The molecular formula is C23H26BrFN2O3. The van der Waals surface area contributed by atoms with Crippen LogP contribution in [0.5, 0.6) is 0 Å². The molecule has 1 atom stereocenters. The Morgan fingerprint density at radius 1 is 1.27 bits per heavy atom. The maximum atomic E-state index is 13.7. The average Bonchev–Trinajstić information content (AvgIpc) is 2.58. The van der Waals surface area contributed by atoms with Crippen molar-refractivity contribution in [3.05, 3.63) is 63.6 Å². The van der Waals surface area contributed by atoms with Crippen LogP contribution in [0.15, 0.2) is 40.9 Å². The molecular weight excluding hydrogens is 451 g/mol. The summed E-state index contributed by atoms with van der Waals surface area (Å²) in [4.78, 5) is 17.0. The van der Waals surface area contributed by atoms with Gasteiger partial charge in [0.2, 0.25) is 0 Å². The zero-order valence-corrected chi connectivity index (χ0v) is 19.3. The number of rotatable bonds is 4. The van der Waals surface area contributed by atoms with Crippen LogP contribution in [0.3, 0.4) is 0 Å². The SMILES string of the molecule is CC(C)(O)C#Cc1ccc(Br)c([C@H](Cc2cccc(F)c2)NC(=O)OC(C)(C)C)n1. The normalized spacial score (nSPS) is 12.5. The number of aromatic nitrogens is 1. The van der Waals surface area contributed by atoms with Crippen LogP contribution in [0.25, 0.3) is 0 Å². The molecule has 1 amide bonds. The number of halogens is 2. The Bertz CT molecular complexity index is 969. The smallest absolute Gasteiger partial charge is 0.408 e. The number of pyridine rings is 1. The predicted octanol–water partition coefficient (Wildman–Crippen LogP) is 4.91. The van der Waals surface area contributed by atoms with Crippen molar-refractivity contribution in [3.63, 3.8) is 0 Å². The van der Waals surface area contributed by atoms with E-state index in [1.54, 1.807) is 58.9 Å². The quantitative estimate of drug-likeness (QED) is 0.614. The number of amides is 1. The second kappa shape index (κ2) is 9.59. The van der Waals surface area contributed by atoms with Crippen LogP contribution >= 0.6 is 15.9 Å². The molecule has 7 heteroatoms. The highest BCUT2D eigenvalue weighted by Gasteiger charge is 2.24. The van der Waals surface area contributed by atoms with E-state index in [-0.39, 0.29) is 5.82 Å². The number of nitrogens with zero attached hydrogens (tertiary/aromatic N) is 1. The highest BCUT2D eigenvalue weighted by molar-refractivity contribution is 9.10. The molecule has 0 spiro atoms. The minimum absolute atomic E-state index is 0.297. The molecule has 0 fully saturated rings. The highest BCUT2D eigenvalue weighted by Crippen LogP contribution is 2.26. The molecule has 0 aliphatic rings. The van der Waals surface area contributed by atoms with Crippen molar-refractivity contribution in [3.8, 4) is 11.8 Å². The monoisotopic (exact) mass is 476 g/mol. The summed E-state index contributed by atoms with van der Waals surface area (Å²) in [6.07, 6.45) is -0.309. The molecule has 30 heavy (non-hydrogen) atoms. The van der Waals surface area contributed by atoms with Crippen LogP contribution in [0, 0.1) is 17.7 Å². The molecule has 0 bridgehead atoms. The van der Waals surface area contributed by atoms with Crippen LogP contribution in [-0.4, -0.2) is 27.4 Å². The van der Waals surface area contributed by atoms with Gasteiger partial charge in [0.25, 0.3) is 0 Å². The van der Waals surface area contributed by atoms with E-state index in [4.69, 9.17) is 4.74 Å². The molecule has 0 radical (unpaired) electrons. The van der Waals surface area contributed by atoms with Gasteiger partial charge in [-0.05, 0) is 92.7 Å². The van der Waals surface area contributed by atoms with Crippen molar-refractivity contribution in [1.82, 2.24) is 10.3 Å². The van der Waals surface area contributed by atoms with Gasteiger partial charge >= 0.3 is 6.09 Å². The number of carbonyl (C=O) groups is 1. The van der Waals surface area contributed by atoms with Crippen LogP contribution in [0.1, 0.15) is 57.6 Å². The van der Waals surface area contributed by atoms with Gasteiger partial charge in [0.1, 0.15) is 22.7 Å². The minimum atomic E-state index is -1.16. The molecule has 2 N–H and O–H groups in total. The third kappa shape index (κ3) is 8.13. The van der Waals surface area contributed by atoms with Gasteiger partial charge < -0.3 is 15.2 Å². The molecule has 2 aromatic rings. The van der Waals surface area contributed by atoms with E-state index in [0.717, 1.165) is 0 Å². The van der Waals surface area contributed by atoms with Crippen molar-refractivity contribution in [2.45, 2.75) is 58.3 Å². The maximum Gasteiger partial charge on any atom is 0.408 e. The van der Waals surface area contributed by atoms with Crippen LogP contribution in [0.4, 0.5) is 9.18 Å². The van der Waals surface area contributed by atoms with E-state index in [9.17, 15) is 14.3 Å². The number of carbonyl (C=O) groups excluding carboxylic acids is 1. The second-order valence-corrected chi connectivity index (χ2v) is 9.26. The lowest BCUT2D eigenvalue weighted by Crippen LogP contribution is -2.36. The molecule has 1 aromatic carbocycles. The Labute approximate surface area is 185 Å². The van der Waals surface area contributed by atoms with Gasteiger partial charge in [0.05, 0.1) is 11.7 Å². The predicted molar refractivity (Wildman–Crippen MR) is 117 cm³/mol. The van der Waals surface area contributed by atoms with Crippen molar-refractivity contribution in [1.29, 1.82) is 0 Å². The van der Waals surface area contributed by atoms with Gasteiger partial charge in [0, 0.05) is 4.47 Å². The lowest BCUT2D eigenvalue weighted by molar-refractivity contribution is 0.0502. The standard InChI is InChI=1S/C23H26BrFN2O3/c1-22(2,3)30-21(28)27-19(14-15-7-6-8-16(25)13-15)20-18(24)10-9-17(26-20)11-12-23(4,5)29/h6-10,13,19,29H,14H2,1-5H3,(H,27,28)/t19-/m0/s1. The molecule has 160 valence electrons.